The molecule has 1 aliphatic rings. The second kappa shape index (κ2) is 4.41. The van der Waals surface area contributed by atoms with Crippen LogP contribution in [0, 0.1) is 0 Å². The summed E-state index contributed by atoms with van der Waals surface area (Å²) in [7, 11) is 1.50. The molecule has 0 radical (unpaired) electrons. The minimum Gasteiger partial charge on any atom is -0.399 e. The highest BCUT2D eigenvalue weighted by Gasteiger charge is 2.52. The predicted octanol–water partition coefficient (Wildman–Crippen LogP) is 1.84. The largest absolute Gasteiger partial charge is 0.498 e. The Bertz CT molecular complexity index is 606. The van der Waals surface area contributed by atoms with Crippen LogP contribution in [0.25, 0.3) is 11.3 Å². The van der Waals surface area contributed by atoms with E-state index in [1.165, 1.54) is 11.5 Å². The molecule has 1 saturated heterocycles. The van der Waals surface area contributed by atoms with Gasteiger partial charge in [0.15, 0.2) is 0 Å². The van der Waals surface area contributed by atoms with Crippen LogP contribution < -0.4 is 5.46 Å². The van der Waals surface area contributed by atoms with Gasteiger partial charge in [0.2, 0.25) is 0 Å². The first-order valence-electron chi connectivity index (χ1n) is 6.59. The molecule has 0 aromatic carbocycles. The molecule has 3 rings (SSSR count). The van der Waals surface area contributed by atoms with E-state index in [0.717, 1.165) is 16.7 Å². The van der Waals surface area contributed by atoms with E-state index in [4.69, 9.17) is 9.31 Å². The van der Waals surface area contributed by atoms with Gasteiger partial charge in [-0.3, -0.25) is 4.68 Å². The molecular formula is C13H18BN3O2S. The first-order valence-corrected chi connectivity index (χ1v) is 7.43. The molecule has 20 heavy (non-hydrogen) atoms. The molecule has 106 valence electrons. The average molecular weight is 291 g/mol. The van der Waals surface area contributed by atoms with Gasteiger partial charge in [0, 0.05) is 29.7 Å². The first-order chi connectivity index (χ1) is 9.30. The van der Waals surface area contributed by atoms with Crippen molar-refractivity contribution in [1.29, 1.82) is 0 Å². The van der Waals surface area contributed by atoms with Crippen molar-refractivity contribution in [2.24, 2.45) is 7.05 Å². The SMILES string of the molecule is Cn1cc(B2OC(C)(C)C(C)(C)O2)c(-c2cnsc2)n1. The number of nitrogens with zero attached hydrogens (tertiary/aromatic N) is 3. The number of aromatic nitrogens is 3. The van der Waals surface area contributed by atoms with Crippen molar-refractivity contribution in [3.8, 4) is 11.3 Å². The van der Waals surface area contributed by atoms with Crippen LogP contribution in [0.15, 0.2) is 17.8 Å². The molecule has 0 N–H and O–H groups in total. The smallest absolute Gasteiger partial charge is 0.399 e. The Labute approximate surface area is 123 Å². The van der Waals surface area contributed by atoms with Gasteiger partial charge in [0.05, 0.1) is 23.1 Å². The Kier molecular flexibility index (Phi) is 3.04. The topological polar surface area (TPSA) is 49.2 Å². The van der Waals surface area contributed by atoms with E-state index in [9.17, 15) is 0 Å². The minimum absolute atomic E-state index is 0.350. The maximum Gasteiger partial charge on any atom is 0.498 e. The maximum absolute atomic E-state index is 6.11. The van der Waals surface area contributed by atoms with Crippen molar-refractivity contribution in [2.45, 2.75) is 38.9 Å². The normalized spacial score (nSPS) is 20.6. The molecular weight excluding hydrogens is 273 g/mol. The van der Waals surface area contributed by atoms with Crippen molar-refractivity contribution < 1.29 is 9.31 Å². The van der Waals surface area contributed by atoms with Gasteiger partial charge < -0.3 is 9.31 Å². The van der Waals surface area contributed by atoms with Gasteiger partial charge in [-0.15, -0.1) is 0 Å². The van der Waals surface area contributed by atoms with Gasteiger partial charge in [0.1, 0.15) is 0 Å². The highest BCUT2D eigenvalue weighted by molar-refractivity contribution is 7.04. The number of hydrogen-bond donors (Lipinski definition) is 0. The summed E-state index contributed by atoms with van der Waals surface area (Å²) in [6.07, 6.45) is 3.77. The molecule has 3 heterocycles. The van der Waals surface area contributed by atoms with Crippen molar-refractivity contribution in [1.82, 2.24) is 14.2 Å². The molecule has 0 saturated carbocycles. The van der Waals surface area contributed by atoms with Crippen molar-refractivity contribution in [3.63, 3.8) is 0 Å². The van der Waals surface area contributed by atoms with Gasteiger partial charge in [-0.05, 0) is 39.2 Å². The molecule has 0 bridgehead atoms. The predicted molar refractivity (Wildman–Crippen MR) is 80.0 cm³/mol. The lowest BCUT2D eigenvalue weighted by atomic mass is 9.78. The molecule has 0 amide bonds. The third-order valence-corrected chi connectivity index (χ3v) is 4.66. The summed E-state index contributed by atoms with van der Waals surface area (Å²) in [6, 6.07) is 0. The fourth-order valence-corrected chi connectivity index (χ4v) is 2.72. The second-order valence-corrected chi connectivity index (χ2v) is 6.77. The molecule has 0 atom stereocenters. The standard InChI is InChI=1S/C13H18BN3O2S/c1-12(2)13(3,4)19-14(18-12)10-7-17(5)16-11(10)9-6-15-20-8-9/h6-8H,1-5H3. The summed E-state index contributed by atoms with van der Waals surface area (Å²) in [4.78, 5) is 0. The van der Waals surface area contributed by atoms with E-state index in [-0.39, 0.29) is 11.2 Å². The van der Waals surface area contributed by atoms with Gasteiger partial charge in [-0.1, -0.05) is 0 Å². The zero-order valence-electron chi connectivity index (χ0n) is 12.4. The van der Waals surface area contributed by atoms with E-state index < -0.39 is 7.12 Å². The van der Waals surface area contributed by atoms with Crippen LogP contribution in [0.2, 0.25) is 0 Å². The molecule has 1 aliphatic heterocycles. The van der Waals surface area contributed by atoms with Crippen molar-refractivity contribution in [3.05, 3.63) is 17.8 Å². The summed E-state index contributed by atoms with van der Waals surface area (Å²) in [5, 5.41) is 6.50. The van der Waals surface area contributed by atoms with Crippen LogP contribution >= 0.6 is 11.5 Å². The van der Waals surface area contributed by atoms with Crippen LogP contribution in [0.1, 0.15) is 27.7 Å². The fourth-order valence-electron chi connectivity index (χ4n) is 2.20. The minimum atomic E-state index is -0.399. The van der Waals surface area contributed by atoms with Gasteiger partial charge in [-0.25, -0.2) is 4.37 Å². The summed E-state index contributed by atoms with van der Waals surface area (Å²) >= 11 is 1.41. The van der Waals surface area contributed by atoms with Crippen LogP contribution in [-0.2, 0) is 16.4 Å². The van der Waals surface area contributed by atoms with Crippen molar-refractivity contribution in [2.75, 3.05) is 0 Å². The molecule has 5 nitrogen and oxygen atoms in total. The zero-order valence-corrected chi connectivity index (χ0v) is 13.2. The van der Waals surface area contributed by atoms with Crippen LogP contribution in [0.3, 0.4) is 0 Å². The lowest BCUT2D eigenvalue weighted by Crippen LogP contribution is -2.41. The van der Waals surface area contributed by atoms with Gasteiger partial charge in [0.25, 0.3) is 0 Å². The zero-order chi connectivity index (χ0) is 14.5. The lowest BCUT2D eigenvalue weighted by Gasteiger charge is -2.32. The first kappa shape index (κ1) is 13.8. The molecule has 0 aliphatic carbocycles. The van der Waals surface area contributed by atoms with E-state index in [0.29, 0.717) is 0 Å². The molecule has 0 unspecified atom stereocenters. The van der Waals surface area contributed by atoms with Gasteiger partial charge >= 0.3 is 7.12 Å². The van der Waals surface area contributed by atoms with Crippen molar-refractivity contribution >= 4 is 24.1 Å². The second-order valence-electron chi connectivity index (χ2n) is 6.11. The van der Waals surface area contributed by atoms with E-state index in [2.05, 4.69) is 37.2 Å². The van der Waals surface area contributed by atoms with Crippen LogP contribution in [0.5, 0.6) is 0 Å². The summed E-state index contributed by atoms with van der Waals surface area (Å²) in [5.74, 6) is 0. The summed E-state index contributed by atoms with van der Waals surface area (Å²) < 4.78 is 18.1. The van der Waals surface area contributed by atoms with E-state index >= 15 is 0 Å². The molecule has 1 fully saturated rings. The average Bonchev–Trinajstić information content (AvgIpc) is 2.98. The Morgan fingerprint density at radius 2 is 1.85 bits per heavy atom. The Balaban J connectivity index is 2.01. The third kappa shape index (κ3) is 2.10. The monoisotopic (exact) mass is 291 g/mol. The van der Waals surface area contributed by atoms with E-state index in [1.807, 2.05) is 24.8 Å². The van der Waals surface area contributed by atoms with E-state index in [1.54, 1.807) is 4.68 Å². The van der Waals surface area contributed by atoms with Crippen LogP contribution in [0.4, 0.5) is 0 Å². The highest BCUT2D eigenvalue weighted by atomic mass is 32.1. The fraction of sp³-hybridized carbons (Fsp3) is 0.538. The Hall–Kier alpha value is -1.18. The summed E-state index contributed by atoms with van der Waals surface area (Å²) in [6.45, 7) is 8.20. The third-order valence-electron chi connectivity index (χ3n) is 4.07. The number of rotatable bonds is 2. The molecule has 2 aromatic heterocycles. The Morgan fingerprint density at radius 3 is 2.40 bits per heavy atom. The quantitative estimate of drug-likeness (QED) is 0.792. The highest BCUT2D eigenvalue weighted by Crippen LogP contribution is 2.37. The molecule has 0 spiro atoms. The molecule has 2 aromatic rings. The maximum atomic E-state index is 6.11. The molecule has 7 heteroatoms. The lowest BCUT2D eigenvalue weighted by molar-refractivity contribution is 0.00578. The number of hydrogen-bond acceptors (Lipinski definition) is 5. The van der Waals surface area contributed by atoms with Gasteiger partial charge in [-0.2, -0.15) is 5.10 Å². The summed E-state index contributed by atoms with van der Waals surface area (Å²) in [5.41, 5.74) is 2.13. The number of aryl methyl sites for hydroxylation is 1. The van der Waals surface area contributed by atoms with Crippen LogP contribution in [-0.4, -0.2) is 32.5 Å². The Morgan fingerprint density at radius 1 is 1.20 bits per heavy atom.